The maximum absolute atomic E-state index is 5.81. The van der Waals surface area contributed by atoms with E-state index in [2.05, 4.69) is 43.2 Å². The van der Waals surface area contributed by atoms with Crippen LogP contribution < -0.4 is 10.6 Å². The molecule has 0 spiro atoms. The van der Waals surface area contributed by atoms with E-state index in [0.29, 0.717) is 18.1 Å². The smallest absolute Gasteiger partial charge is 0.0826 e. The lowest BCUT2D eigenvalue weighted by Gasteiger charge is -2.33. The molecule has 1 saturated heterocycles. The van der Waals surface area contributed by atoms with Crippen molar-refractivity contribution in [3.8, 4) is 0 Å². The molecule has 0 aromatic carbocycles. The van der Waals surface area contributed by atoms with Gasteiger partial charge in [-0.1, -0.05) is 27.7 Å². The molecule has 0 aromatic rings. The van der Waals surface area contributed by atoms with Gasteiger partial charge in [-0.25, -0.2) is 0 Å². The molecule has 1 aliphatic rings. The molecule has 114 valence electrons. The van der Waals surface area contributed by atoms with Crippen LogP contribution in [-0.4, -0.2) is 62.9 Å². The second-order valence-electron chi connectivity index (χ2n) is 6.31. The Morgan fingerprint density at radius 2 is 2.05 bits per heavy atom. The molecule has 1 fully saturated rings. The highest BCUT2D eigenvalue weighted by Gasteiger charge is 2.19. The summed E-state index contributed by atoms with van der Waals surface area (Å²) in [5, 5.41) is 6.97. The van der Waals surface area contributed by atoms with E-state index in [0.717, 1.165) is 39.3 Å². The van der Waals surface area contributed by atoms with Crippen LogP contribution in [-0.2, 0) is 4.74 Å². The van der Waals surface area contributed by atoms with Gasteiger partial charge in [0.1, 0.15) is 0 Å². The van der Waals surface area contributed by atoms with Crippen LogP contribution in [0.15, 0.2) is 0 Å². The standard InChI is InChI=1S/C15H33N3O/c1-13(2)10-16-11-15-12-18(8-9-19-15)7-5-6-17-14(3)4/h13-17H,5-12H2,1-4H3/t15-/m0/s1. The van der Waals surface area contributed by atoms with Crippen LogP contribution in [0.3, 0.4) is 0 Å². The highest BCUT2D eigenvalue weighted by molar-refractivity contribution is 4.74. The summed E-state index contributed by atoms with van der Waals surface area (Å²) in [6.07, 6.45) is 1.59. The first kappa shape index (κ1) is 16.9. The van der Waals surface area contributed by atoms with Gasteiger partial charge in [-0.3, -0.25) is 4.90 Å². The maximum atomic E-state index is 5.81. The van der Waals surface area contributed by atoms with Crippen molar-refractivity contribution in [2.24, 2.45) is 5.92 Å². The Labute approximate surface area is 119 Å². The summed E-state index contributed by atoms with van der Waals surface area (Å²) in [5.41, 5.74) is 0. The van der Waals surface area contributed by atoms with Crippen LogP contribution in [0, 0.1) is 5.92 Å². The number of nitrogens with zero attached hydrogens (tertiary/aromatic N) is 1. The van der Waals surface area contributed by atoms with Gasteiger partial charge in [-0.15, -0.1) is 0 Å². The van der Waals surface area contributed by atoms with E-state index in [1.54, 1.807) is 0 Å². The van der Waals surface area contributed by atoms with Crippen LogP contribution >= 0.6 is 0 Å². The Morgan fingerprint density at radius 3 is 2.74 bits per heavy atom. The lowest BCUT2D eigenvalue weighted by molar-refractivity contribution is -0.0274. The lowest BCUT2D eigenvalue weighted by atomic mass is 10.2. The maximum Gasteiger partial charge on any atom is 0.0826 e. The molecular weight excluding hydrogens is 238 g/mol. The number of morpholine rings is 1. The highest BCUT2D eigenvalue weighted by Crippen LogP contribution is 2.05. The summed E-state index contributed by atoms with van der Waals surface area (Å²) >= 11 is 0. The second-order valence-corrected chi connectivity index (χ2v) is 6.31. The van der Waals surface area contributed by atoms with Crippen molar-refractivity contribution in [3.63, 3.8) is 0 Å². The third-order valence-corrected chi connectivity index (χ3v) is 3.35. The van der Waals surface area contributed by atoms with Crippen LogP contribution in [0.5, 0.6) is 0 Å². The zero-order chi connectivity index (χ0) is 14.1. The minimum atomic E-state index is 0.366. The minimum Gasteiger partial charge on any atom is -0.374 e. The van der Waals surface area contributed by atoms with Gasteiger partial charge in [-0.2, -0.15) is 0 Å². The molecule has 0 radical (unpaired) electrons. The number of hydrogen-bond donors (Lipinski definition) is 2. The van der Waals surface area contributed by atoms with Gasteiger partial charge in [0, 0.05) is 25.7 Å². The van der Waals surface area contributed by atoms with Crippen molar-refractivity contribution in [2.75, 3.05) is 45.9 Å². The first-order valence-electron chi connectivity index (χ1n) is 7.86. The van der Waals surface area contributed by atoms with Gasteiger partial charge in [0.15, 0.2) is 0 Å². The summed E-state index contributed by atoms with van der Waals surface area (Å²) < 4.78 is 5.81. The Bertz CT molecular complexity index is 221. The van der Waals surface area contributed by atoms with Crippen LogP contribution in [0.2, 0.25) is 0 Å². The summed E-state index contributed by atoms with van der Waals surface area (Å²) in [7, 11) is 0. The van der Waals surface area contributed by atoms with Crippen LogP contribution in [0.25, 0.3) is 0 Å². The lowest BCUT2D eigenvalue weighted by Crippen LogP contribution is -2.47. The average molecular weight is 271 g/mol. The van der Waals surface area contributed by atoms with E-state index in [9.17, 15) is 0 Å². The number of rotatable bonds is 9. The third kappa shape index (κ3) is 8.58. The molecule has 2 N–H and O–H groups in total. The molecule has 0 aromatic heterocycles. The molecule has 19 heavy (non-hydrogen) atoms. The molecule has 1 aliphatic heterocycles. The molecule has 0 amide bonds. The quantitative estimate of drug-likeness (QED) is 0.620. The Kier molecular flexibility index (Phi) is 8.62. The zero-order valence-corrected chi connectivity index (χ0v) is 13.2. The zero-order valence-electron chi connectivity index (χ0n) is 13.2. The molecule has 1 atom stereocenters. The number of nitrogens with one attached hydrogen (secondary N) is 2. The van der Waals surface area contributed by atoms with Crippen molar-refractivity contribution in [3.05, 3.63) is 0 Å². The molecule has 0 unspecified atom stereocenters. The van der Waals surface area contributed by atoms with Gasteiger partial charge >= 0.3 is 0 Å². The monoisotopic (exact) mass is 271 g/mol. The van der Waals surface area contributed by atoms with E-state index in [4.69, 9.17) is 4.74 Å². The van der Waals surface area contributed by atoms with E-state index in [1.165, 1.54) is 13.0 Å². The van der Waals surface area contributed by atoms with Gasteiger partial charge in [0.25, 0.3) is 0 Å². The van der Waals surface area contributed by atoms with Crippen molar-refractivity contribution < 1.29 is 4.74 Å². The van der Waals surface area contributed by atoms with E-state index in [1.807, 2.05) is 0 Å². The fourth-order valence-electron chi connectivity index (χ4n) is 2.33. The Morgan fingerprint density at radius 1 is 1.26 bits per heavy atom. The fourth-order valence-corrected chi connectivity index (χ4v) is 2.33. The van der Waals surface area contributed by atoms with Gasteiger partial charge < -0.3 is 15.4 Å². The Balaban J connectivity index is 2.08. The molecule has 1 heterocycles. The molecule has 4 nitrogen and oxygen atoms in total. The molecule has 0 aliphatic carbocycles. The highest BCUT2D eigenvalue weighted by atomic mass is 16.5. The van der Waals surface area contributed by atoms with Crippen LogP contribution in [0.4, 0.5) is 0 Å². The van der Waals surface area contributed by atoms with Crippen molar-refractivity contribution in [2.45, 2.75) is 46.3 Å². The number of hydrogen-bond acceptors (Lipinski definition) is 4. The Hall–Kier alpha value is -0.160. The summed E-state index contributed by atoms with van der Waals surface area (Å²) in [6.45, 7) is 16.3. The topological polar surface area (TPSA) is 36.5 Å². The summed E-state index contributed by atoms with van der Waals surface area (Å²) in [5.74, 6) is 0.710. The minimum absolute atomic E-state index is 0.366. The van der Waals surface area contributed by atoms with E-state index < -0.39 is 0 Å². The van der Waals surface area contributed by atoms with Crippen LogP contribution in [0.1, 0.15) is 34.1 Å². The van der Waals surface area contributed by atoms with E-state index >= 15 is 0 Å². The predicted molar refractivity (Wildman–Crippen MR) is 81.6 cm³/mol. The molecular formula is C15H33N3O. The molecule has 4 heteroatoms. The largest absolute Gasteiger partial charge is 0.374 e. The summed E-state index contributed by atoms with van der Waals surface area (Å²) in [6, 6.07) is 0.595. The number of ether oxygens (including phenoxy) is 1. The molecule has 0 saturated carbocycles. The van der Waals surface area contributed by atoms with Gasteiger partial charge in [0.2, 0.25) is 0 Å². The SMILES string of the molecule is CC(C)CNC[C@H]1CN(CCCNC(C)C)CCO1. The predicted octanol–water partition coefficient (Wildman–Crippen LogP) is 1.32. The van der Waals surface area contributed by atoms with Gasteiger partial charge in [0.05, 0.1) is 12.7 Å². The third-order valence-electron chi connectivity index (χ3n) is 3.35. The average Bonchev–Trinajstić information content (AvgIpc) is 2.34. The van der Waals surface area contributed by atoms with Gasteiger partial charge in [-0.05, 0) is 32.0 Å². The van der Waals surface area contributed by atoms with E-state index in [-0.39, 0.29) is 0 Å². The first-order chi connectivity index (χ1) is 9.08. The van der Waals surface area contributed by atoms with Crippen molar-refractivity contribution in [1.82, 2.24) is 15.5 Å². The summed E-state index contributed by atoms with van der Waals surface area (Å²) in [4.78, 5) is 2.53. The fraction of sp³-hybridized carbons (Fsp3) is 1.00. The molecule has 1 rings (SSSR count). The second kappa shape index (κ2) is 9.70. The van der Waals surface area contributed by atoms with Crippen molar-refractivity contribution in [1.29, 1.82) is 0 Å². The molecule has 0 bridgehead atoms. The first-order valence-corrected chi connectivity index (χ1v) is 7.86. The van der Waals surface area contributed by atoms with Crippen molar-refractivity contribution >= 4 is 0 Å². The normalized spacial score (nSPS) is 21.5.